The molecule has 1 aromatic heterocycles. The van der Waals surface area contributed by atoms with E-state index in [0.717, 1.165) is 16.9 Å². The first-order valence-electron chi connectivity index (χ1n) is 6.60. The second-order valence-electron chi connectivity index (χ2n) is 4.74. The highest BCUT2D eigenvalue weighted by atomic mass is 35.5. The summed E-state index contributed by atoms with van der Waals surface area (Å²) in [6.07, 6.45) is 0. The number of aryl methyl sites for hydroxylation is 1. The summed E-state index contributed by atoms with van der Waals surface area (Å²) in [6, 6.07) is 14.9. The quantitative estimate of drug-likeness (QED) is 0.807. The van der Waals surface area contributed by atoms with Crippen molar-refractivity contribution in [3.05, 3.63) is 64.9 Å². The van der Waals surface area contributed by atoms with Gasteiger partial charge in [0.15, 0.2) is 0 Å². The Hall–Kier alpha value is -2.33. The molecule has 0 spiro atoms. The average Bonchev–Trinajstić information content (AvgIpc) is 2.82. The molecule has 21 heavy (non-hydrogen) atoms. The van der Waals surface area contributed by atoms with Crippen LogP contribution in [0.15, 0.2) is 48.5 Å². The standard InChI is InChI=1S/C16H14ClN3O/c1-20-14-9-5-4-8-13(14)19-15(20)10-18-16(21)11-6-2-3-7-12(11)17/h2-9H,10H2,1H3,(H,18,21). The van der Waals surface area contributed by atoms with Crippen LogP contribution in [0, 0.1) is 0 Å². The number of nitrogens with one attached hydrogen (secondary N) is 1. The van der Waals surface area contributed by atoms with Crippen LogP contribution in [0.25, 0.3) is 11.0 Å². The number of hydrogen-bond donors (Lipinski definition) is 1. The Morgan fingerprint density at radius 1 is 1.19 bits per heavy atom. The van der Waals surface area contributed by atoms with E-state index in [1.165, 1.54) is 0 Å². The van der Waals surface area contributed by atoms with Gasteiger partial charge in [0, 0.05) is 7.05 Å². The van der Waals surface area contributed by atoms with Crippen LogP contribution in [0.1, 0.15) is 16.2 Å². The maximum Gasteiger partial charge on any atom is 0.253 e. The second kappa shape index (κ2) is 5.58. The summed E-state index contributed by atoms with van der Waals surface area (Å²) in [5.41, 5.74) is 2.43. The molecule has 106 valence electrons. The third kappa shape index (κ3) is 2.62. The van der Waals surface area contributed by atoms with Crippen molar-refractivity contribution in [2.45, 2.75) is 6.54 Å². The number of carbonyl (C=O) groups excluding carboxylic acids is 1. The molecule has 0 aliphatic rings. The molecule has 0 unspecified atom stereocenters. The molecule has 3 rings (SSSR count). The van der Waals surface area contributed by atoms with Crippen molar-refractivity contribution in [3.8, 4) is 0 Å². The molecule has 0 aliphatic heterocycles. The van der Waals surface area contributed by atoms with E-state index >= 15 is 0 Å². The van der Waals surface area contributed by atoms with Gasteiger partial charge < -0.3 is 9.88 Å². The Balaban J connectivity index is 1.79. The van der Waals surface area contributed by atoms with Crippen molar-refractivity contribution < 1.29 is 4.79 Å². The van der Waals surface area contributed by atoms with Crippen LogP contribution < -0.4 is 5.32 Å². The SMILES string of the molecule is Cn1c(CNC(=O)c2ccccc2Cl)nc2ccccc21. The summed E-state index contributed by atoms with van der Waals surface area (Å²) in [5, 5.41) is 3.30. The van der Waals surface area contributed by atoms with Crippen LogP contribution >= 0.6 is 11.6 Å². The fourth-order valence-electron chi connectivity index (χ4n) is 2.25. The minimum Gasteiger partial charge on any atom is -0.345 e. The number of para-hydroxylation sites is 2. The smallest absolute Gasteiger partial charge is 0.253 e. The van der Waals surface area contributed by atoms with Crippen molar-refractivity contribution in [2.75, 3.05) is 0 Å². The Labute approximate surface area is 127 Å². The predicted octanol–water partition coefficient (Wildman–Crippen LogP) is 3.16. The van der Waals surface area contributed by atoms with Crippen LogP contribution in [-0.4, -0.2) is 15.5 Å². The zero-order valence-corrected chi connectivity index (χ0v) is 12.3. The number of benzene rings is 2. The van der Waals surface area contributed by atoms with Crippen molar-refractivity contribution in [1.82, 2.24) is 14.9 Å². The van der Waals surface area contributed by atoms with Crippen LogP contribution in [0.4, 0.5) is 0 Å². The summed E-state index contributed by atoms with van der Waals surface area (Å²) in [4.78, 5) is 16.6. The number of fused-ring (bicyclic) bond motifs is 1. The Morgan fingerprint density at radius 3 is 2.67 bits per heavy atom. The largest absolute Gasteiger partial charge is 0.345 e. The number of carbonyl (C=O) groups is 1. The van der Waals surface area contributed by atoms with Gasteiger partial charge >= 0.3 is 0 Å². The van der Waals surface area contributed by atoms with Gasteiger partial charge in [-0.1, -0.05) is 35.9 Å². The molecule has 5 heteroatoms. The third-order valence-electron chi connectivity index (χ3n) is 3.41. The fourth-order valence-corrected chi connectivity index (χ4v) is 2.47. The van der Waals surface area contributed by atoms with Crippen molar-refractivity contribution in [2.24, 2.45) is 7.05 Å². The molecular weight excluding hydrogens is 286 g/mol. The predicted molar refractivity (Wildman–Crippen MR) is 83.3 cm³/mol. The van der Waals surface area contributed by atoms with Gasteiger partial charge in [-0.05, 0) is 24.3 Å². The Kier molecular flexibility index (Phi) is 3.62. The molecule has 3 aromatic rings. The number of nitrogens with zero attached hydrogens (tertiary/aromatic N) is 2. The van der Waals surface area contributed by atoms with E-state index in [1.54, 1.807) is 24.3 Å². The number of imidazole rings is 1. The zero-order chi connectivity index (χ0) is 14.8. The van der Waals surface area contributed by atoms with Crippen LogP contribution in [0.3, 0.4) is 0 Å². The monoisotopic (exact) mass is 299 g/mol. The lowest BCUT2D eigenvalue weighted by Crippen LogP contribution is -2.24. The average molecular weight is 300 g/mol. The molecule has 0 radical (unpaired) electrons. The van der Waals surface area contributed by atoms with Gasteiger partial charge in [-0.15, -0.1) is 0 Å². The summed E-state index contributed by atoms with van der Waals surface area (Å²) < 4.78 is 1.97. The first kappa shape index (κ1) is 13.6. The Morgan fingerprint density at radius 2 is 1.90 bits per heavy atom. The molecule has 0 saturated carbocycles. The fraction of sp³-hybridized carbons (Fsp3) is 0.125. The first-order chi connectivity index (χ1) is 10.2. The number of hydrogen-bond acceptors (Lipinski definition) is 2. The van der Waals surface area contributed by atoms with Gasteiger partial charge in [0.25, 0.3) is 5.91 Å². The van der Waals surface area contributed by atoms with Crippen LogP contribution in [0.5, 0.6) is 0 Å². The van der Waals surface area contributed by atoms with Gasteiger partial charge in [0.2, 0.25) is 0 Å². The van der Waals surface area contributed by atoms with E-state index in [9.17, 15) is 4.79 Å². The highest BCUT2D eigenvalue weighted by Gasteiger charge is 2.11. The maximum absolute atomic E-state index is 12.1. The molecule has 0 atom stereocenters. The van der Waals surface area contributed by atoms with Gasteiger partial charge in [0.05, 0.1) is 28.2 Å². The summed E-state index contributed by atoms with van der Waals surface area (Å²) >= 11 is 6.01. The second-order valence-corrected chi connectivity index (χ2v) is 5.15. The molecule has 0 aliphatic carbocycles. The highest BCUT2D eigenvalue weighted by molar-refractivity contribution is 6.33. The molecule has 1 N–H and O–H groups in total. The van der Waals surface area contributed by atoms with E-state index in [-0.39, 0.29) is 5.91 Å². The minimum atomic E-state index is -0.201. The molecule has 4 nitrogen and oxygen atoms in total. The lowest BCUT2D eigenvalue weighted by Gasteiger charge is -2.06. The number of amides is 1. The van der Waals surface area contributed by atoms with Gasteiger partial charge in [-0.3, -0.25) is 4.79 Å². The van der Waals surface area contributed by atoms with Crippen molar-refractivity contribution in [3.63, 3.8) is 0 Å². The van der Waals surface area contributed by atoms with Crippen LogP contribution in [0.2, 0.25) is 5.02 Å². The van der Waals surface area contributed by atoms with Crippen molar-refractivity contribution in [1.29, 1.82) is 0 Å². The lowest BCUT2D eigenvalue weighted by molar-refractivity contribution is 0.0950. The molecule has 0 saturated heterocycles. The maximum atomic E-state index is 12.1. The Bertz CT molecular complexity index is 810. The van der Waals surface area contributed by atoms with Gasteiger partial charge in [-0.2, -0.15) is 0 Å². The van der Waals surface area contributed by atoms with E-state index in [0.29, 0.717) is 17.1 Å². The molecule has 1 amide bonds. The molecule has 0 bridgehead atoms. The normalized spacial score (nSPS) is 10.8. The first-order valence-corrected chi connectivity index (χ1v) is 6.97. The minimum absolute atomic E-state index is 0.201. The van der Waals surface area contributed by atoms with E-state index < -0.39 is 0 Å². The van der Waals surface area contributed by atoms with Gasteiger partial charge in [0.1, 0.15) is 5.82 Å². The summed E-state index contributed by atoms with van der Waals surface area (Å²) in [6.45, 7) is 0.356. The van der Waals surface area contributed by atoms with Crippen LogP contribution in [-0.2, 0) is 13.6 Å². The molecule has 0 fully saturated rings. The highest BCUT2D eigenvalue weighted by Crippen LogP contribution is 2.16. The molecule has 2 aromatic carbocycles. The number of aromatic nitrogens is 2. The van der Waals surface area contributed by atoms with E-state index in [1.807, 2.05) is 35.9 Å². The van der Waals surface area contributed by atoms with Crippen molar-refractivity contribution >= 4 is 28.5 Å². The van der Waals surface area contributed by atoms with E-state index in [2.05, 4.69) is 10.3 Å². The van der Waals surface area contributed by atoms with E-state index in [4.69, 9.17) is 11.6 Å². The van der Waals surface area contributed by atoms with Gasteiger partial charge in [-0.25, -0.2) is 4.98 Å². The summed E-state index contributed by atoms with van der Waals surface area (Å²) in [5.74, 6) is 0.601. The third-order valence-corrected chi connectivity index (χ3v) is 3.73. The molecular formula is C16H14ClN3O. The number of rotatable bonds is 3. The lowest BCUT2D eigenvalue weighted by atomic mass is 10.2. The number of halogens is 1. The topological polar surface area (TPSA) is 46.9 Å². The molecule has 1 heterocycles. The zero-order valence-electron chi connectivity index (χ0n) is 11.5. The summed E-state index contributed by atoms with van der Waals surface area (Å²) in [7, 11) is 1.94.